The molecular weight excluding hydrogens is 226 g/mol. The molecule has 0 heterocycles. The third-order valence-corrected chi connectivity index (χ3v) is 2.95. The predicted molar refractivity (Wildman–Crippen MR) is 69.2 cm³/mol. The van der Waals surface area contributed by atoms with Crippen molar-refractivity contribution in [3.8, 4) is 0 Å². The fourth-order valence-electron chi connectivity index (χ4n) is 1.26. The van der Waals surface area contributed by atoms with Crippen LogP contribution >= 0.6 is 11.8 Å². The molecule has 1 unspecified atom stereocenters. The van der Waals surface area contributed by atoms with Gasteiger partial charge in [-0.1, -0.05) is 0 Å². The van der Waals surface area contributed by atoms with Crippen LogP contribution in [0.15, 0.2) is 0 Å². The summed E-state index contributed by atoms with van der Waals surface area (Å²) in [5, 5.41) is 13.1. The van der Waals surface area contributed by atoms with Crippen molar-refractivity contribution >= 4 is 11.8 Å². The van der Waals surface area contributed by atoms with E-state index in [0.717, 1.165) is 25.3 Å². The molecule has 0 spiro atoms. The lowest BCUT2D eigenvalue weighted by Crippen LogP contribution is -2.40. The highest BCUT2D eigenvalue weighted by Crippen LogP contribution is 2.08. The van der Waals surface area contributed by atoms with Crippen molar-refractivity contribution in [2.45, 2.75) is 18.9 Å². The number of hydrogen-bond acceptors (Lipinski definition) is 5. The summed E-state index contributed by atoms with van der Waals surface area (Å²) in [5.74, 6) is 0.754. The number of aliphatic hydroxyl groups is 1. The summed E-state index contributed by atoms with van der Waals surface area (Å²) >= 11 is 1.66. The van der Waals surface area contributed by atoms with E-state index in [0.29, 0.717) is 19.8 Å². The highest BCUT2D eigenvalue weighted by Gasteiger charge is 2.18. The lowest BCUT2D eigenvalue weighted by atomic mass is 10.1. The van der Waals surface area contributed by atoms with E-state index in [9.17, 15) is 5.11 Å². The SMILES string of the molecule is COCCOCCCNCC(C)(O)CSC. The summed E-state index contributed by atoms with van der Waals surface area (Å²) in [6.45, 7) is 5.40. The average Bonchev–Trinajstić information content (AvgIpc) is 2.22. The van der Waals surface area contributed by atoms with E-state index in [4.69, 9.17) is 9.47 Å². The lowest BCUT2D eigenvalue weighted by molar-refractivity contribution is 0.0661. The van der Waals surface area contributed by atoms with Crippen molar-refractivity contribution < 1.29 is 14.6 Å². The summed E-state index contributed by atoms with van der Waals surface area (Å²) in [5.41, 5.74) is -0.615. The molecule has 16 heavy (non-hydrogen) atoms. The molecule has 0 aliphatic carbocycles. The van der Waals surface area contributed by atoms with E-state index < -0.39 is 5.60 Å². The van der Waals surface area contributed by atoms with Crippen LogP contribution in [0.5, 0.6) is 0 Å². The van der Waals surface area contributed by atoms with Crippen LogP contribution in [-0.2, 0) is 9.47 Å². The van der Waals surface area contributed by atoms with Gasteiger partial charge in [0.05, 0.1) is 18.8 Å². The van der Waals surface area contributed by atoms with Crippen molar-refractivity contribution in [1.82, 2.24) is 5.32 Å². The van der Waals surface area contributed by atoms with Crippen molar-refractivity contribution in [3.05, 3.63) is 0 Å². The van der Waals surface area contributed by atoms with E-state index in [2.05, 4.69) is 5.32 Å². The van der Waals surface area contributed by atoms with Gasteiger partial charge in [0.2, 0.25) is 0 Å². The molecule has 0 bridgehead atoms. The van der Waals surface area contributed by atoms with Gasteiger partial charge in [0.1, 0.15) is 0 Å². The molecule has 0 radical (unpaired) electrons. The molecule has 0 aliphatic heterocycles. The number of nitrogens with one attached hydrogen (secondary N) is 1. The maximum atomic E-state index is 9.86. The van der Waals surface area contributed by atoms with Gasteiger partial charge in [-0.05, 0) is 26.1 Å². The zero-order valence-electron chi connectivity index (χ0n) is 10.6. The first-order valence-corrected chi connectivity index (χ1v) is 7.00. The molecule has 0 rings (SSSR count). The Kier molecular flexibility index (Phi) is 10.5. The van der Waals surface area contributed by atoms with Crippen LogP contribution in [0.2, 0.25) is 0 Å². The molecule has 1 atom stereocenters. The van der Waals surface area contributed by atoms with Crippen molar-refractivity contribution in [2.75, 3.05) is 52.0 Å². The zero-order valence-corrected chi connectivity index (χ0v) is 11.4. The van der Waals surface area contributed by atoms with Crippen molar-refractivity contribution in [1.29, 1.82) is 0 Å². The first-order chi connectivity index (χ1) is 7.62. The standard InChI is InChI=1S/C11H25NO3S/c1-11(13,10-16-3)9-12-5-4-6-15-8-7-14-2/h12-13H,4-10H2,1-3H3. The number of rotatable bonds is 11. The van der Waals surface area contributed by atoms with E-state index in [1.165, 1.54) is 0 Å². The minimum atomic E-state index is -0.615. The Morgan fingerprint density at radius 1 is 1.31 bits per heavy atom. The van der Waals surface area contributed by atoms with E-state index in [-0.39, 0.29) is 0 Å². The monoisotopic (exact) mass is 251 g/mol. The van der Waals surface area contributed by atoms with Crippen molar-refractivity contribution in [2.24, 2.45) is 0 Å². The predicted octanol–water partition coefficient (Wildman–Crippen LogP) is 0.743. The van der Waals surface area contributed by atoms with Crippen LogP contribution in [0.3, 0.4) is 0 Å². The fraction of sp³-hybridized carbons (Fsp3) is 1.00. The first-order valence-electron chi connectivity index (χ1n) is 5.61. The summed E-state index contributed by atoms with van der Waals surface area (Å²) in [6, 6.07) is 0. The number of hydrogen-bond donors (Lipinski definition) is 2. The van der Waals surface area contributed by atoms with Crippen LogP contribution in [0.4, 0.5) is 0 Å². The molecule has 0 saturated carbocycles. The zero-order chi connectivity index (χ0) is 12.3. The van der Waals surface area contributed by atoms with Gasteiger partial charge in [0, 0.05) is 26.0 Å². The van der Waals surface area contributed by atoms with E-state index in [1.807, 2.05) is 13.2 Å². The van der Waals surface area contributed by atoms with Gasteiger partial charge in [0.25, 0.3) is 0 Å². The van der Waals surface area contributed by atoms with Crippen molar-refractivity contribution in [3.63, 3.8) is 0 Å². The second-order valence-electron chi connectivity index (χ2n) is 4.07. The first kappa shape index (κ1) is 16.2. The Morgan fingerprint density at radius 2 is 2.06 bits per heavy atom. The minimum Gasteiger partial charge on any atom is -0.388 e. The Labute approximate surface area is 103 Å². The van der Waals surface area contributed by atoms with E-state index in [1.54, 1.807) is 18.9 Å². The Bertz CT molecular complexity index is 156. The van der Waals surface area contributed by atoms with Crippen LogP contribution in [0.25, 0.3) is 0 Å². The Hall–Kier alpha value is 0.190. The van der Waals surface area contributed by atoms with Gasteiger partial charge in [-0.15, -0.1) is 0 Å². The molecule has 0 aromatic heterocycles. The molecule has 5 heteroatoms. The lowest BCUT2D eigenvalue weighted by Gasteiger charge is -2.22. The molecule has 0 fully saturated rings. The molecule has 4 nitrogen and oxygen atoms in total. The van der Waals surface area contributed by atoms with Crippen LogP contribution in [0, 0.1) is 0 Å². The minimum absolute atomic E-state index is 0.615. The summed E-state index contributed by atoms with van der Waals surface area (Å²) in [7, 11) is 1.67. The smallest absolute Gasteiger partial charge is 0.0833 e. The van der Waals surface area contributed by atoms with Gasteiger partial charge in [-0.25, -0.2) is 0 Å². The Balaban J connectivity index is 3.20. The third kappa shape index (κ3) is 10.7. The largest absolute Gasteiger partial charge is 0.388 e. The van der Waals surface area contributed by atoms with Gasteiger partial charge < -0.3 is 19.9 Å². The molecule has 0 aromatic carbocycles. The maximum Gasteiger partial charge on any atom is 0.0833 e. The summed E-state index contributed by atoms with van der Waals surface area (Å²) in [4.78, 5) is 0. The normalized spacial score (nSPS) is 15.0. The average molecular weight is 251 g/mol. The van der Waals surface area contributed by atoms with Crippen LogP contribution < -0.4 is 5.32 Å². The second-order valence-corrected chi connectivity index (χ2v) is 4.93. The maximum absolute atomic E-state index is 9.86. The molecule has 0 aliphatic rings. The highest BCUT2D eigenvalue weighted by molar-refractivity contribution is 7.98. The summed E-state index contributed by atoms with van der Waals surface area (Å²) < 4.78 is 10.2. The second kappa shape index (κ2) is 10.4. The molecule has 0 saturated heterocycles. The van der Waals surface area contributed by atoms with Gasteiger partial charge in [-0.2, -0.15) is 11.8 Å². The molecule has 2 N–H and O–H groups in total. The highest BCUT2D eigenvalue weighted by atomic mass is 32.2. The summed E-state index contributed by atoms with van der Waals surface area (Å²) in [6.07, 6.45) is 2.96. The molecular formula is C11H25NO3S. The number of thioether (sulfide) groups is 1. The Morgan fingerprint density at radius 3 is 2.69 bits per heavy atom. The van der Waals surface area contributed by atoms with Gasteiger partial charge in [0.15, 0.2) is 0 Å². The van der Waals surface area contributed by atoms with Gasteiger partial charge >= 0.3 is 0 Å². The number of ether oxygens (including phenoxy) is 2. The molecule has 0 amide bonds. The fourth-order valence-corrected chi connectivity index (χ4v) is 1.99. The third-order valence-electron chi connectivity index (χ3n) is 2.04. The van der Waals surface area contributed by atoms with Crippen LogP contribution in [0.1, 0.15) is 13.3 Å². The van der Waals surface area contributed by atoms with E-state index >= 15 is 0 Å². The molecule has 0 aromatic rings. The van der Waals surface area contributed by atoms with Gasteiger partial charge in [-0.3, -0.25) is 0 Å². The topological polar surface area (TPSA) is 50.7 Å². The van der Waals surface area contributed by atoms with Crippen LogP contribution in [-0.4, -0.2) is 62.7 Å². The number of methoxy groups -OCH3 is 1. The molecule has 98 valence electrons. The quantitative estimate of drug-likeness (QED) is 0.531.